The number of carbonyl (C=O) groups excluding carboxylic acids is 1. The second kappa shape index (κ2) is 5.30. The van der Waals surface area contributed by atoms with E-state index in [1.807, 2.05) is 17.3 Å². The highest BCUT2D eigenvalue weighted by atomic mass is 32.1. The summed E-state index contributed by atoms with van der Waals surface area (Å²) in [6.45, 7) is 0.735. The molecule has 86 valence electrons. The third-order valence-corrected chi connectivity index (χ3v) is 3.71. The lowest BCUT2D eigenvalue weighted by atomic mass is 10.0. The molecule has 0 fully saturated rings. The molecule has 0 radical (unpaired) electrons. The Bertz CT molecular complexity index is 369. The van der Waals surface area contributed by atoms with Crippen LogP contribution < -0.4 is 0 Å². The van der Waals surface area contributed by atoms with E-state index in [1.54, 1.807) is 11.3 Å². The monoisotopic (exact) mass is 235 g/mol. The summed E-state index contributed by atoms with van der Waals surface area (Å²) in [5.74, 6) is 0.722. The Kier molecular flexibility index (Phi) is 3.78. The molecule has 1 aliphatic carbocycles. The van der Waals surface area contributed by atoms with E-state index in [-0.39, 0.29) is 5.91 Å². The summed E-state index contributed by atoms with van der Waals surface area (Å²) in [6, 6.07) is 2.07. The highest BCUT2D eigenvalue weighted by Crippen LogP contribution is 2.21. The van der Waals surface area contributed by atoms with Crippen molar-refractivity contribution in [1.82, 2.24) is 4.90 Å². The van der Waals surface area contributed by atoms with Crippen LogP contribution in [0.1, 0.15) is 24.8 Å². The number of hydrogen-bond acceptors (Lipinski definition) is 2. The molecule has 1 unspecified atom stereocenters. The second-order valence-electron chi connectivity index (χ2n) is 4.35. The number of nitrogens with zero attached hydrogens (tertiary/aromatic N) is 1. The topological polar surface area (TPSA) is 20.3 Å². The molecule has 0 saturated carbocycles. The first kappa shape index (κ1) is 11.4. The highest BCUT2D eigenvalue weighted by Gasteiger charge is 2.16. The number of amides is 1. The lowest BCUT2D eigenvalue weighted by Gasteiger charge is -2.18. The van der Waals surface area contributed by atoms with Crippen molar-refractivity contribution < 1.29 is 4.79 Å². The second-order valence-corrected chi connectivity index (χ2v) is 5.13. The molecule has 1 aromatic heterocycles. The number of allylic oxidation sites excluding steroid dienone is 2. The Hall–Kier alpha value is -1.09. The van der Waals surface area contributed by atoms with Gasteiger partial charge in [0, 0.05) is 20.0 Å². The number of carbonyl (C=O) groups is 1. The van der Waals surface area contributed by atoms with Gasteiger partial charge in [0.25, 0.3) is 0 Å². The molecule has 1 atom stereocenters. The van der Waals surface area contributed by atoms with Crippen molar-refractivity contribution >= 4 is 17.2 Å². The van der Waals surface area contributed by atoms with Crippen LogP contribution in [0, 0.1) is 5.92 Å². The largest absolute Gasteiger partial charge is 0.341 e. The summed E-state index contributed by atoms with van der Waals surface area (Å²) in [7, 11) is 1.89. The quantitative estimate of drug-likeness (QED) is 0.734. The minimum absolute atomic E-state index is 0.253. The van der Waals surface area contributed by atoms with Gasteiger partial charge >= 0.3 is 0 Å². The van der Waals surface area contributed by atoms with Crippen molar-refractivity contribution in [2.45, 2.75) is 25.8 Å². The Balaban J connectivity index is 1.82. The Morgan fingerprint density at radius 3 is 3.12 bits per heavy atom. The number of hydrogen-bond donors (Lipinski definition) is 0. The van der Waals surface area contributed by atoms with E-state index in [9.17, 15) is 4.79 Å². The zero-order valence-electron chi connectivity index (χ0n) is 9.56. The molecule has 16 heavy (non-hydrogen) atoms. The summed E-state index contributed by atoms with van der Waals surface area (Å²) in [4.78, 5) is 13.7. The lowest BCUT2D eigenvalue weighted by molar-refractivity contribution is -0.131. The normalized spacial score (nSPS) is 18.9. The van der Waals surface area contributed by atoms with E-state index < -0.39 is 0 Å². The summed E-state index contributed by atoms with van der Waals surface area (Å²) >= 11 is 1.68. The first-order chi connectivity index (χ1) is 7.75. The van der Waals surface area contributed by atoms with Gasteiger partial charge in [-0.15, -0.1) is 0 Å². The number of thiophene rings is 1. The fourth-order valence-corrected chi connectivity index (χ4v) is 2.65. The van der Waals surface area contributed by atoms with Gasteiger partial charge in [-0.05, 0) is 41.1 Å². The van der Waals surface area contributed by atoms with Crippen LogP contribution in [0.4, 0.5) is 0 Å². The summed E-state index contributed by atoms with van der Waals surface area (Å²) in [5.41, 5.74) is 1.22. The van der Waals surface area contributed by atoms with Gasteiger partial charge in [0.2, 0.25) is 5.91 Å². The Morgan fingerprint density at radius 2 is 2.50 bits per heavy atom. The molecular formula is C13H17NOS. The molecule has 0 saturated heterocycles. The third kappa shape index (κ3) is 2.95. The minimum atomic E-state index is 0.253. The molecule has 0 aromatic carbocycles. The maximum absolute atomic E-state index is 11.9. The van der Waals surface area contributed by atoms with E-state index in [0.29, 0.717) is 12.3 Å². The molecule has 1 aromatic rings. The fraction of sp³-hybridized carbons (Fsp3) is 0.462. The number of rotatable bonds is 4. The van der Waals surface area contributed by atoms with Crippen molar-refractivity contribution in [2.24, 2.45) is 5.92 Å². The molecule has 0 N–H and O–H groups in total. The molecule has 1 amide bonds. The van der Waals surface area contributed by atoms with Crippen LogP contribution in [0.25, 0.3) is 0 Å². The predicted octanol–water partition coefficient (Wildman–Crippen LogP) is 3.06. The van der Waals surface area contributed by atoms with Crippen molar-refractivity contribution in [2.75, 3.05) is 7.05 Å². The first-order valence-corrected chi connectivity index (χ1v) is 6.61. The van der Waals surface area contributed by atoms with E-state index >= 15 is 0 Å². The van der Waals surface area contributed by atoms with Gasteiger partial charge in [-0.1, -0.05) is 12.2 Å². The average molecular weight is 235 g/mol. The van der Waals surface area contributed by atoms with Gasteiger partial charge in [0.15, 0.2) is 0 Å². The molecule has 1 heterocycles. The van der Waals surface area contributed by atoms with Crippen LogP contribution in [0.3, 0.4) is 0 Å². The van der Waals surface area contributed by atoms with Gasteiger partial charge in [-0.3, -0.25) is 4.79 Å². The molecule has 2 rings (SSSR count). The molecule has 1 aliphatic rings. The first-order valence-electron chi connectivity index (χ1n) is 5.67. The van der Waals surface area contributed by atoms with Gasteiger partial charge in [-0.25, -0.2) is 0 Å². The highest BCUT2D eigenvalue weighted by molar-refractivity contribution is 7.07. The maximum atomic E-state index is 11.9. The van der Waals surface area contributed by atoms with Crippen molar-refractivity contribution in [3.8, 4) is 0 Å². The van der Waals surface area contributed by atoms with Crippen LogP contribution in [-0.2, 0) is 11.3 Å². The standard InChI is InChI=1S/C13H17NOS/c1-14(9-12-6-7-16-10-12)13(15)8-11-4-2-3-5-11/h2,4,6-7,10-11H,3,5,8-9H2,1H3. The fourth-order valence-electron chi connectivity index (χ4n) is 1.99. The Morgan fingerprint density at radius 1 is 1.62 bits per heavy atom. The van der Waals surface area contributed by atoms with E-state index in [0.717, 1.165) is 19.4 Å². The van der Waals surface area contributed by atoms with Gasteiger partial charge < -0.3 is 4.90 Å². The zero-order chi connectivity index (χ0) is 11.4. The predicted molar refractivity (Wildman–Crippen MR) is 67.3 cm³/mol. The molecular weight excluding hydrogens is 218 g/mol. The van der Waals surface area contributed by atoms with Crippen molar-refractivity contribution in [3.63, 3.8) is 0 Å². The van der Waals surface area contributed by atoms with Gasteiger partial charge in [0.1, 0.15) is 0 Å². The summed E-state index contributed by atoms with van der Waals surface area (Å²) < 4.78 is 0. The SMILES string of the molecule is CN(Cc1ccsc1)C(=O)CC1C=CCC1. The van der Waals surface area contributed by atoms with Crippen LogP contribution in [-0.4, -0.2) is 17.9 Å². The third-order valence-electron chi connectivity index (χ3n) is 2.97. The summed E-state index contributed by atoms with van der Waals surface area (Å²) in [6.07, 6.45) is 7.29. The Labute approximate surface area is 101 Å². The van der Waals surface area contributed by atoms with Gasteiger partial charge in [-0.2, -0.15) is 11.3 Å². The van der Waals surface area contributed by atoms with Gasteiger partial charge in [0.05, 0.1) is 0 Å². The van der Waals surface area contributed by atoms with Crippen LogP contribution >= 0.6 is 11.3 Å². The molecule has 2 nitrogen and oxygen atoms in total. The smallest absolute Gasteiger partial charge is 0.223 e. The molecule has 0 bridgehead atoms. The van der Waals surface area contributed by atoms with Crippen molar-refractivity contribution in [1.29, 1.82) is 0 Å². The summed E-state index contributed by atoms with van der Waals surface area (Å²) in [5, 5.41) is 4.15. The lowest BCUT2D eigenvalue weighted by Crippen LogP contribution is -2.27. The molecule has 3 heteroatoms. The van der Waals surface area contributed by atoms with Crippen molar-refractivity contribution in [3.05, 3.63) is 34.5 Å². The van der Waals surface area contributed by atoms with E-state index in [2.05, 4.69) is 23.6 Å². The van der Waals surface area contributed by atoms with Crippen LogP contribution in [0.15, 0.2) is 29.0 Å². The van der Waals surface area contributed by atoms with Crippen LogP contribution in [0.2, 0.25) is 0 Å². The maximum Gasteiger partial charge on any atom is 0.223 e. The minimum Gasteiger partial charge on any atom is -0.341 e. The zero-order valence-corrected chi connectivity index (χ0v) is 10.4. The van der Waals surface area contributed by atoms with E-state index in [4.69, 9.17) is 0 Å². The molecule has 0 aliphatic heterocycles. The molecule has 0 spiro atoms. The van der Waals surface area contributed by atoms with Crippen LogP contribution in [0.5, 0.6) is 0 Å². The van der Waals surface area contributed by atoms with E-state index in [1.165, 1.54) is 5.56 Å². The average Bonchev–Trinajstić information content (AvgIpc) is 2.90.